The molecule has 1 fully saturated rings. The van der Waals surface area contributed by atoms with Gasteiger partial charge in [0.05, 0.1) is 16.4 Å². The van der Waals surface area contributed by atoms with Gasteiger partial charge in [-0.1, -0.05) is 18.3 Å². The second-order valence-corrected chi connectivity index (χ2v) is 5.51. The number of nitrogens with one attached hydrogen (secondary N) is 1. The molecule has 0 saturated carbocycles. The van der Waals surface area contributed by atoms with Crippen LogP contribution in [0.15, 0.2) is 12.1 Å². The molecular weight excluding hydrogens is 260 g/mol. The van der Waals surface area contributed by atoms with E-state index in [1.165, 1.54) is 17.8 Å². The third-order valence-corrected chi connectivity index (χ3v) is 3.89. The van der Waals surface area contributed by atoms with E-state index in [0.717, 1.165) is 30.8 Å². The van der Waals surface area contributed by atoms with Gasteiger partial charge in [0, 0.05) is 19.5 Å². The first-order chi connectivity index (χ1) is 9.29. The first-order valence-electron chi connectivity index (χ1n) is 6.55. The van der Waals surface area contributed by atoms with Gasteiger partial charge >= 0.3 is 0 Å². The Hall–Kier alpha value is -1.35. The first kappa shape index (κ1) is 14.1. The summed E-state index contributed by atoms with van der Waals surface area (Å²) in [5.41, 5.74) is 2.93. The lowest BCUT2D eigenvalue weighted by Crippen LogP contribution is -2.44. The molecule has 0 bridgehead atoms. The van der Waals surface area contributed by atoms with Gasteiger partial charge in [0.1, 0.15) is 0 Å². The minimum absolute atomic E-state index is 0.0536. The minimum Gasteiger partial charge on any atom is -0.395 e. The van der Waals surface area contributed by atoms with Crippen LogP contribution in [0.25, 0.3) is 0 Å². The van der Waals surface area contributed by atoms with Crippen molar-refractivity contribution in [2.24, 2.45) is 0 Å². The average Bonchev–Trinajstić information content (AvgIpc) is 2.89. The van der Waals surface area contributed by atoms with Crippen LogP contribution in [0.2, 0.25) is 0 Å². The molecule has 0 atom stereocenters. The van der Waals surface area contributed by atoms with Gasteiger partial charge in [-0.3, -0.25) is 10.2 Å². The Kier molecular flexibility index (Phi) is 5.40. The van der Waals surface area contributed by atoms with E-state index >= 15 is 0 Å². The van der Waals surface area contributed by atoms with E-state index in [-0.39, 0.29) is 12.5 Å². The van der Waals surface area contributed by atoms with E-state index in [9.17, 15) is 4.79 Å². The second-order valence-electron chi connectivity index (χ2n) is 4.43. The van der Waals surface area contributed by atoms with Crippen LogP contribution in [0.1, 0.15) is 40.2 Å². The van der Waals surface area contributed by atoms with Gasteiger partial charge in [-0.2, -0.15) is 0 Å². The number of piperidine rings is 1. The molecule has 1 aliphatic rings. The van der Waals surface area contributed by atoms with E-state index in [1.54, 1.807) is 6.07 Å². The van der Waals surface area contributed by atoms with Crippen molar-refractivity contribution in [2.75, 3.05) is 19.7 Å². The average molecular weight is 278 g/mol. The summed E-state index contributed by atoms with van der Waals surface area (Å²) < 4.78 is 0. The normalized spacial score (nSPS) is 15.6. The van der Waals surface area contributed by atoms with Crippen molar-refractivity contribution in [3.8, 4) is 11.8 Å². The van der Waals surface area contributed by atoms with Gasteiger partial charge in [-0.15, -0.1) is 11.3 Å². The molecule has 1 aromatic heterocycles. The first-order valence-corrected chi connectivity index (χ1v) is 7.37. The molecule has 0 aromatic carbocycles. The standard InChI is InChI=1S/C14H18N2O2S/c17-11-5-2-6-12-7-8-13(19-12)14(18)15-16-9-3-1-4-10-16/h7-8,17H,1,3-5,9-11H2,(H,15,18). The lowest BCUT2D eigenvalue weighted by Gasteiger charge is -2.26. The summed E-state index contributed by atoms with van der Waals surface area (Å²) in [6, 6.07) is 3.65. The molecule has 5 heteroatoms. The maximum Gasteiger partial charge on any atom is 0.275 e. The van der Waals surface area contributed by atoms with Crippen molar-refractivity contribution in [2.45, 2.75) is 25.7 Å². The number of nitrogens with zero attached hydrogens (tertiary/aromatic N) is 1. The van der Waals surface area contributed by atoms with Crippen LogP contribution >= 0.6 is 11.3 Å². The fourth-order valence-electron chi connectivity index (χ4n) is 1.94. The third-order valence-electron chi connectivity index (χ3n) is 2.89. The highest BCUT2D eigenvalue weighted by atomic mass is 32.1. The Labute approximate surface area is 117 Å². The van der Waals surface area contributed by atoms with E-state index < -0.39 is 0 Å². The Bertz CT molecular complexity index is 481. The summed E-state index contributed by atoms with van der Waals surface area (Å²) in [7, 11) is 0. The summed E-state index contributed by atoms with van der Waals surface area (Å²) >= 11 is 1.39. The molecule has 4 nitrogen and oxygen atoms in total. The van der Waals surface area contributed by atoms with Gasteiger partial charge in [0.25, 0.3) is 5.91 Å². The van der Waals surface area contributed by atoms with Crippen molar-refractivity contribution >= 4 is 17.2 Å². The molecule has 0 aliphatic carbocycles. The van der Waals surface area contributed by atoms with E-state index in [2.05, 4.69) is 17.3 Å². The fourth-order valence-corrected chi connectivity index (χ4v) is 2.71. The molecular formula is C14H18N2O2S. The maximum atomic E-state index is 12.0. The molecule has 1 aliphatic heterocycles. The monoisotopic (exact) mass is 278 g/mol. The predicted octanol–water partition coefficient (Wildman–Crippen LogP) is 1.61. The Morgan fingerprint density at radius 1 is 1.37 bits per heavy atom. The SMILES string of the molecule is O=C(NN1CCCCC1)c1ccc(C#CCCO)s1. The summed E-state index contributed by atoms with van der Waals surface area (Å²) in [6.45, 7) is 1.93. The number of hydrogen-bond acceptors (Lipinski definition) is 4. The lowest BCUT2D eigenvalue weighted by molar-refractivity contribution is 0.0754. The molecule has 1 amide bonds. The molecule has 1 aromatic rings. The fraction of sp³-hybridized carbons (Fsp3) is 0.500. The van der Waals surface area contributed by atoms with Gasteiger partial charge in [-0.25, -0.2) is 5.01 Å². The third kappa shape index (κ3) is 4.35. The number of rotatable bonds is 3. The smallest absolute Gasteiger partial charge is 0.275 e. The minimum atomic E-state index is -0.0536. The van der Waals surface area contributed by atoms with Crippen molar-refractivity contribution in [1.29, 1.82) is 0 Å². The Morgan fingerprint density at radius 3 is 2.89 bits per heavy atom. The van der Waals surface area contributed by atoms with E-state index in [0.29, 0.717) is 11.3 Å². The molecule has 0 unspecified atom stereocenters. The lowest BCUT2D eigenvalue weighted by atomic mass is 10.2. The predicted molar refractivity (Wildman–Crippen MR) is 75.8 cm³/mol. The molecule has 0 spiro atoms. The number of carbonyl (C=O) groups is 1. The highest BCUT2D eigenvalue weighted by Crippen LogP contribution is 2.16. The van der Waals surface area contributed by atoms with E-state index in [4.69, 9.17) is 5.11 Å². The van der Waals surface area contributed by atoms with Crippen LogP contribution in [0.3, 0.4) is 0 Å². The van der Waals surface area contributed by atoms with Crippen LogP contribution in [-0.2, 0) is 0 Å². The second kappa shape index (κ2) is 7.29. The summed E-state index contributed by atoms with van der Waals surface area (Å²) in [5, 5.41) is 10.6. The van der Waals surface area contributed by atoms with Crippen LogP contribution in [-0.4, -0.2) is 35.7 Å². The van der Waals surface area contributed by atoms with Crippen molar-refractivity contribution in [3.63, 3.8) is 0 Å². The number of aliphatic hydroxyl groups excluding tert-OH is 1. The molecule has 2 heterocycles. The number of carbonyl (C=O) groups excluding carboxylic acids is 1. The molecule has 19 heavy (non-hydrogen) atoms. The topological polar surface area (TPSA) is 52.6 Å². The molecule has 2 N–H and O–H groups in total. The molecule has 2 rings (SSSR count). The van der Waals surface area contributed by atoms with Gasteiger partial charge < -0.3 is 5.11 Å². The highest BCUT2D eigenvalue weighted by Gasteiger charge is 2.15. The molecule has 1 saturated heterocycles. The van der Waals surface area contributed by atoms with Gasteiger partial charge in [0.15, 0.2) is 0 Å². The molecule has 102 valence electrons. The zero-order valence-electron chi connectivity index (χ0n) is 10.8. The largest absolute Gasteiger partial charge is 0.395 e. The summed E-state index contributed by atoms with van der Waals surface area (Å²) in [4.78, 5) is 13.6. The highest BCUT2D eigenvalue weighted by molar-refractivity contribution is 7.14. The van der Waals surface area contributed by atoms with Crippen molar-refractivity contribution < 1.29 is 9.90 Å². The Balaban J connectivity index is 1.90. The Morgan fingerprint density at radius 2 is 2.16 bits per heavy atom. The number of amides is 1. The van der Waals surface area contributed by atoms with Crippen LogP contribution < -0.4 is 5.43 Å². The summed E-state index contributed by atoms with van der Waals surface area (Å²) in [6.07, 6.45) is 3.99. The van der Waals surface area contributed by atoms with Crippen molar-refractivity contribution in [1.82, 2.24) is 10.4 Å². The summed E-state index contributed by atoms with van der Waals surface area (Å²) in [5.74, 6) is 5.74. The number of thiophene rings is 1. The number of aliphatic hydroxyl groups is 1. The number of hydrogen-bond donors (Lipinski definition) is 2. The van der Waals surface area contributed by atoms with Crippen LogP contribution in [0, 0.1) is 11.8 Å². The van der Waals surface area contributed by atoms with E-state index in [1.807, 2.05) is 11.1 Å². The number of hydrazine groups is 1. The van der Waals surface area contributed by atoms with Gasteiger partial charge in [-0.05, 0) is 25.0 Å². The quantitative estimate of drug-likeness (QED) is 0.826. The molecule has 0 radical (unpaired) electrons. The van der Waals surface area contributed by atoms with Gasteiger partial charge in [0.2, 0.25) is 0 Å². The zero-order chi connectivity index (χ0) is 13.5. The van der Waals surface area contributed by atoms with Crippen LogP contribution in [0.4, 0.5) is 0 Å². The maximum absolute atomic E-state index is 12.0. The zero-order valence-corrected chi connectivity index (χ0v) is 11.6. The van der Waals surface area contributed by atoms with Crippen LogP contribution in [0.5, 0.6) is 0 Å². The van der Waals surface area contributed by atoms with Crippen molar-refractivity contribution in [3.05, 3.63) is 21.9 Å².